The lowest BCUT2D eigenvalue weighted by Gasteiger charge is -2.42. The van der Waals surface area contributed by atoms with Crippen LogP contribution in [0, 0.1) is 11.3 Å². The van der Waals surface area contributed by atoms with Crippen LogP contribution in [-0.4, -0.2) is 0 Å². The second-order valence-corrected chi connectivity index (χ2v) is 9.05. The third-order valence-corrected chi connectivity index (χ3v) is 6.80. The molecule has 0 amide bonds. The standard InChI is InChI=1S/C30H22N2/c1-30(2)26-7-3-5-9-28(26)32(29-10-6-4-8-27(29)30)25-14-13-22-16-23-15-20(19-31)11-12-21(23)17-24(22)18-25/h3-18H,1-2H3. The predicted octanol–water partition coefficient (Wildman–Crippen LogP) is 7.97. The van der Waals surface area contributed by atoms with Crippen molar-refractivity contribution in [3.8, 4) is 6.07 Å². The van der Waals surface area contributed by atoms with Crippen LogP contribution in [0.15, 0.2) is 97.1 Å². The van der Waals surface area contributed by atoms with Crippen LogP contribution in [-0.2, 0) is 5.41 Å². The van der Waals surface area contributed by atoms with E-state index in [0.29, 0.717) is 5.56 Å². The molecule has 5 aromatic rings. The molecule has 152 valence electrons. The molecule has 0 fully saturated rings. The largest absolute Gasteiger partial charge is 0.310 e. The summed E-state index contributed by atoms with van der Waals surface area (Å²) in [5.41, 5.74) is 6.92. The van der Waals surface area contributed by atoms with Crippen LogP contribution >= 0.6 is 0 Å². The van der Waals surface area contributed by atoms with E-state index in [1.807, 2.05) is 18.2 Å². The molecule has 0 bridgehead atoms. The second kappa shape index (κ2) is 6.70. The minimum atomic E-state index is -0.0603. The Balaban J connectivity index is 1.59. The molecule has 0 atom stereocenters. The zero-order valence-electron chi connectivity index (χ0n) is 18.1. The summed E-state index contributed by atoms with van der Waals surface area (Å²) >= 11 is 0. The number of fused-ring (bicyclic) bond motifs is 4. The van der Waals surface area contributed by atoms with Gasteiger partial charge in [-0.3, -0.25) is 0 Å². The van der Waals surface area contributed by atoms with Gasteiger partial charge in [-0.2, -0.15) is 5.26 Å². The van der Waals surface area contributed by atoms with E-state index in [0.717, 1.165) is 16.5 Å². The Morgan fingerprint density at radius 1 is 0.625 bits per heavy atom. The molecule has 2 heteroatoms. The highest BCUT2D eigenvalue weighted by molar-refractivity contribution is 6.01. The number of hydrogen-bond donors (Lipinski definition) is 0. The number of nitriles is 1. The van der Waals surface area contributed by atoms with Crippen molar-refractivity contribution in [2.45, 2.75) is 19.3 Å². The van der Waals surface area contributed by atoms with Crippen molar-refractivity contribution < 1.29 is 0 Å². The molecule has 0 spiro atoms. The fraction of sp³-hybridized carbons (Fsp3) is 0.100. The molecule has 0 aliphatic carbocycles. The molecule has 32 heavy (non-hydrogen) atoms. The van der Waals surface area contributed by atoms with E-state index in [1.165, 1.54) is 33.3 Å². The molecule has 0 saturated heterocycles. The molecule has 0 saturated carbocycles. The van der Waals surface area contributed by atoms with E-state index in [2.05, 4.69) is 104 Å². The van der Waals surface area contributed by atoms with E-state index in [9.17, 15) is 5.26 Å². The monoisotopic (exact) mass is 410 g/mol. The van der Waals surface area contributed by atoms with Crippen molar-refractivity contribution in [2.75, 3.05) is 4.90 Å². The highest BCUT2D eigenvalue weighted by Crippen LogP contribution is 2.51. The number of anilines is 3. The van der Waals surface area contributed by atoms with Crippen LogP contribution in [0.1, 0.15) is 30.5 Å². The van der Waals surface area contributed by atoms with E-state index >= 15 is 0 Å². The molecule has 1 heterocycles. The number of hydrogen-bond acceptors (Lipinski definition) is 2. The molecule has 2 nitrogen and oxygen atoms in total. The molecule has 5 aromatic carbocycles. The summed E-state index contributed by atoms with van der Waals surface area (Å²) in [4.78, 5) is 2.39. The minimum absolute atomic E-state index is 0.0603. The zero-order valence-corrected chi connectivity index (χ0v) is 18.1. The van der Waals surface area contributed by atoms with Crippen LogP contribution in [0.2, 0.25) is 0 Å². The molecular formula is C30H22N2. The fourth-order valence-electron chi connectivity index (χ4n) is 5.14. The Labute approximate surface area is 188 Å². The fourth-order valence-corrected chi connectivity index (χ4v) is 5.14. The first kappa shape index (κ1) is 18.7. The summed E-state index contributed by atoms with van der Waals surface area (Å²) in [5, 5.41) is 13.8. The Bertz CT molecular complexity index is 1520. The lowest BCUT2D eigenvalue weighted by molar-refractivity contribution is 0.632. The smallest absolute Gasteiger partial charge is 0.0991 e. The van der Waals surface area contributed by atoms with Crippen molar-refractivity contribution in [3.05, 3.63) is 114 Å². The molecule has 0 N–H and O–H groups in total. The van der Waals surface area contributed by atoms with Crippen LogP contribution in [0.4, 0.5) is 17.1 Å². The van der Waals surface area contributed by atoms with Crippen molar-refractivity contribution in [1.82, 2.24) is 0 Å². The summed E-state index contributed by atoms with van der Waals surface area (Å²) in [7, 11) is 0. The average Bonchev–Trinajstić information content (AvgIpc) is 2.82. The lowest BCUT2D eigenvalue weighted by Crippen LogP contribution is -2.30. The molecule has 0 radical (unpaired) electrons. The SMILES string of the molecule is CC1(C)c2ccccc2N(c2ccc3cc4cc(C#N)ccc4cc3c2)c2ccccc21. The third kappa shape index (κ3) is 2.65. The number of rotatable bonds is 1. The molecule has 1 aliphatic heterocycles. The molecular weight excluding hydrogens is 388 g/mol. The summed E-state index contributed by atoms with van der Waals surface area (Å²) in [5.74, 6) is 0. The van der Waals surface area contributed by atoms with Gasteiger partial charge in [-0.1, -0.05) is 62.4 Å². The number of nitrogens with zero attached hydrogens (tertiary/aromatic N) is 2. The highest BCUT2D eigenvalue weighted by Gasteiger charge is 2.36. The van der Waals surface area contributed by atoms with Crippen molar-refractivity contribution >= 4 is 38.6 Å². The quantitative estimate of drug-likeness (QED) is 0.262. The second-order valence-electron chi connectivity index (χ2n) is 9.05. The molecule has 0 unspecified atom stereocenters. The van der Waals surface area contributed by atoms with Gasteiger partial charge in [-0.25, -0.2) is 0 Å². The molecule has 6 rings (SSSR count). The van der Waals surface area contributed by atoms with Gasteiger partial charge in [0, 0.05) is 11.1 Å². The van der Waals surface area contributed by atoms with Gasteiger partial charge < -0.3 is 4.90 Å². The van der Waals surface area contributed by atoms with Crippen molar-refractivity contribution in [3.63, 3.8) is 0 Å². The maximum absolute atomic E-state index is 9.23. The van der Waals surface area contributed by atoms with E-state index in [4.69, 9.17) is 0 Å². The van der Waals surface area contributed by atoms with Gasteiger partial charge >= 0.3 is 0 Å². The first-order valence-corrected chi connectivity index (χ1v) is 10.9. The van der Waals surface area contributed by atoms with Gasteiger partial charge in [0.05, 0.1) is 23.0 Å². The topological polar surface area (TPSA) is 27.0 Å². The van der Waals surface area contributed by atoms with Crippen molar-refractivity contribution in [2.24, 2.45) is 0 Å². The minimum Gasteiger partial charge on any atom is -0.310 e. The van der Waals surface area contributed by atoms with Gasteiger partial charge in [0.1, 0.15) is 0 Å². The summed E-state index contributed by atoms with van der Waals surface area (Å²) in [6.45, 7) is 4.62. The van der Waals surface area contributed by atoms with Crippen LogP contribution in [0.25, 0.3) is 21.5 Å². The van der Waals surface area contributed by atoms with Crippen LogP contribution in [0.3, 0.4) is 0 Å². The molecule has 1 aliphatic rings. The molecule has 0 aromatic heterocycles. The van der Waals surface area contributed by atoms with Gasteiger partial charge in [-0.15, -0.1) is 0 Å². The lowest BCUT2D eigenvalue weighted by atomic mass is 9.73. The van der Waals surface area contributed by atoms with E-state index in [-0.39, 0.29) is 5.41 Å². The predicted molar refractivity (Wildman–Crippen MR) is 133 cm³/mol. The number of para-hydroxylation sites is 2. The summed E-state index contributed by atoms with van der Waals surface area (Å²) in [6, 6.07) is 36.6. The number of benzene rings is 5. The summed E-state index contributed by atoms with van der Waals surface area (Å²) < 4.78 is 0. The van der Waals surface area contributed by atoms with Crippen molar-refractivity contribution in [1.29, 1.82) is 5.26 Å². The maximum Gasteiger partial charge on any atom is 0.0991 e. The van der Waals surface area contributed by atoms with Gasteiger partial charge in [0.15, 0.2) is 0 Å². The van der Waals surface area contributed by atoms with Gasteiger partial charge in [0.25, 0.3) is 0 Å². The van der Waals surface area contributed by atoms with Crippen LogP contribution in [0.5, 0.6) is 0 Å². The van der Waals surface area contributed by atoms with Gasteiger partial charge in [-0.05, 0) is 81.2 Å². The van der Waals surface area contributed by atoms with E-state index < -0.39 is 0 Å². The Hall–Kier alpha value is -4.09. The first-order chi connectivity index (χ1) is 15.6. The Kier molecular flexibility index (Phi) is 3.91. The highest BCUT2D eigenvalue weighted by atomic mass is 15.2. The summed E-state index contributed by atoms with van der Waals surface area (Å²) in [6.07, 6.45) is 0. The normalized spacial score (nSPS) is 14.1. The average molecular weight is 411 g/mol. The van der Waals surface area contributed by atoms with Crippen LogP contribution < -0.4 is 4.90 Å². The van der Waals surface area contributed by atoms with Gasteiger partial charge in [0.2, 0.25) is 0 Å². The zero-order chi connectivity index (χ0) is 21.9. The first-order valence-electron chi connectivity index (χ1n) is 10.9. The maximum atomic E-state index is 9.23. The third-order valence-electron chi connectivity index (χ3n) is 6.80. The Morgan fingerprint density at radius 3 is 1.81 bits per heavy atom. The Morgan fingerprint density at radius 2 is 1.19 bits per heavy atom. The van der Waals surface area contributed by atoms with E-state index in [1.54, 1.807) is 0 Å².